The average Bonchev–Trinajstić information content (AvgIpc) is 1.87. The van der Waals surface area contributed by atoms with Crippen LogP contribution in [0.2, 0.25) is 0 Å². The first kappa shape index (κ1) is 18.3. The lowest BCUT2D eigenvalue weighted by atomic mass is 10.1. The number of hydrogen-bond acceptors (Lipinski definition) is 3. The molecule has 0 spiro atoms. The molecular formula is C6H13B2ClN2O2. The quantitative estimate of drug-likeness (QED) is 0.450. The van der Waals surface area contributed by atoms with Crippen LogP contribution in [-0.2, 0) is 0 Å². The third kappa shape index (κ3) is 84.3. The normalized spacial score (nSPS) is 6.85. The topological polar surface area (TPSA) is 49.4 Å². The molecule has 0 aromatic heterocycles. The SMILES string of the molecule is CNC.[B]C(=O)Cl.[B]C(=O)N(C)C. The summed E-state index contributed by atoms with van der Waals surface area (Å²) in [5, 5.41) is 1.89. The number of rotatable bonds is 0. The third-order valence-corrected chi connectivity index (χ3v) is 0.441. The summed E-state index contributed by atoms with van der Waals surface area (Å²) in [4.78, 5) is 20.1. The second-order valence-electron chi connectivity index (χ2n) is 2.04. The largest absolute Gasteiger partial charge is 0.359 e. The van der Waals surface area contributed by atoms with Gasteiger partial charge >= 0.3 is 0 Å². The van der Waals surface area contributed by atoms with Crippen LogP contribution in [0.25, 0.3) is 0 Å². The summed E-state index contributed by atoms with van der Waals surface area (Å²) in [7, 11) is 15.9. The van der Waals surface area contributed by atoms with Gasteiger partial charge < -0.3 is 10.2 Å². The van der Waals surface area contributed by atoms with Gasteiger partial charge in [0.05, 0.1) is 0 Å². The third-order valence-electron chi connectivity index (χ3n) is 0.441. The molecule has 0 atom stereocenters. The van der Waals surface area contributed by atoms with E-state index in [9.17, 15) is 4.79 Å². The van der Waals surface area contributed by atoms with Crippen LogP contribution in [0.15, 0.2) is 0 Å². The van der Waals surface area contributed by atoms with Crippen LogP contribution in [0.1, 0.15) is 0 Å². The summed E-state index contributed by atoms with van der Waals surface area (Å²) in [6.07, 6.45) is 0. The van der Waals surface area contributed by atoms with Crippen LogP contribution in [0, 0.1) is 0 Å². The van der Waals surface area contributed by atoms with E-state index in [0.29, 0.717) is 0 Å². The van der Waals surface area contributed by atoms with Gasteiger partial charge in [-0.3, -0.25) is 9.59 Å². The lowest BCUT2D eigenvalue weighted by Gasteiger charge is -2.03. The van der Waals surface area contributed by atoms with E-state index in [1.54, 1.807) is 14.1 Å². The molecule has 0 aliphatic heterocycles. The summed E-state index contributed by atoms with van der Waals surface area (Å²) >= 11 is 4.41. The molecule has 0 unspecified atom stereocenters. The van der Waals surface area contributed by atoms with Gasteiger partial charge in [-0.1, -0.05) is 11.6 Å². The first-order chi connectivity index (χ1) is 5.79. The molecule has 4 nitrogen and oxygen atoms in total. The minimum atomic E-state index is -0.861. The van der Waals surface area contributed by atoms with E-state index in [2.05, 4.69) is 24.8 Å². The standard InChI is InChI=1S/C3H6BNO.C2H7N.CBClO/c1-5(2)3(4)6;1-3-2;2-1(3)4/h1-2H3;3H,1-2H3;. The van der Waals surface area contributed by atoms with Gasteiger partial charge in [0.15, 0.2) is 18.8 Å². The second-order valence-corrected chi connectivity index (χ2v) is 2.41. The molecule has 0 saturated carbocycles. The Balaban J connectivity index is -0.000000125. The Labute approximate surface area is 86.8 Å². The van der Waals surface area contributed by atoms with Crippen LogP contribution in [0.3, 0.4) is 0 Å². The highest BCUT2D eigenvalue weighted by atomic mass is 35.5. The van der Waals surface area contributed by atoms with Crippen molar-refractivity contribution in [2.45, 2.75) is 0 Å². The number of nitrogens with zero attached hydrogens (tertiary/aromatic N) is 1. The van der Waals surface area contributed by atoms with E-state index in [-0.39, 0.29) is 0 Å². The zero-order chi connectivity index (χ0) is 11.4. The Kier molecular flexibility index (Phi) is 19.8. The average molecular weight is 202 g/mol. The maximum absolute atomic E-state index is 9.85. The maximum atomic E-state index is 9.85. The van der Waals surface area contributed by atoms with Crippen LogP contribution in [0.4, 0.5) is 9.59 Å². The van der Waals surface area contributed by atoms with E-state index in [1.165, 1.54) is 4.90 Å². The minimum Gasteiger partial charge on any atom is -0.359 e. The number of nitrogens with one attached hydrogen (secondary N) is 1. The van der Waals surface area contributed by atoms with Crippen molar-refractivity contribution in [1.82, 2.24) is 10.2 Å². The Morgan fingerprint density at radius 1 is 1.23 bits per heavy atom. The van der Waals surface area contributed by atoms with Gasteiger partial charge in [-0.15, -0.1) is 0 Å². The number of halogens is 1. The molecule has 0 aromatic rings. The fourth-order valence-electron chi connectivity index (χ4n) is 0. The molecule has 0 aromatic carbocycles. The monoisotopic (exact) mass is 202 g/mol. The van der Waals surface area contributed by atoms with Gasteiger partial charge in [0.25, 0.3) is 0 Å². The predicted octanol–water partition coefficient (Wildman–Crippen LogP) is 0.186. The lowest BCUT2D eigenvalue weighted by molar-refractivity contribution is 0.240. The smallest absolute Gasteiger partial charge is 0.200 e. The van der Waals surface area contributed by atoms with E-state index < -0.39 is 10.9 Å². The van der Waals surface area contributed by atoms with Gasteiger partial charge in [0.2, 0.25) is 7.85 Å². The molecular weight excluding hydrogens is 189 g/mol. The predicted molar refractivity (Wildman–Crippen MR) is 56.8 cm³/mol. The van der Waals surface area contributed by atoms with Crippen LogP contribution < -0.4 is 5.32 Å². The molecule has 0 fully saturated rings. The number of hydrogen-bond donors (Lipinski definition) is 1. The number of amides is 1. The molecule has 0 bridgehead atoms. The van der Waals surface area contributed by atoms with Crippen molar-refractivity contribution in [3.8, 4) is 0 Å². The van der Waals surface area contributed by atoms with Crippen LogP contribution in [-0.4, -0.2) is 59.7 Å². The minimum absolute atomic E-state index is 0.407. The molecule has 0 aliphatic carbocycles. The molecule has 1 N–H and O–H groups in total. The van der Waals surface area contributed by atoms with Crippen molar-refractivity contribution in [2.75, 3.05) is 28.2 Å². The maximum Gasteiger partial charge on any atom is 0.200 e. The van der Waals surface area contributed by atoms with Crippen molar-refractivity contribution >= 4 is 38.2 Å². The van der Waals surface area contributed by atoms with Crippen molar-refractivity contribution in [1.29, 1.82) is 0 Å². The lowest BCUT2D eigenvalue weighted by Crippen LogP contribution is -2.18. The van der Waals surface area contributed by atoms with Crippen molar-refractivity contribution in [2.24, 2.45) is 0 Å². The number of carbonyl (C=O) groups is 2. The highest BCUT2D eigenvalue weighted by Gasteiger charge is 1.87. The van der Waals surface area contributed by atoms with Crippen molar-refractivity contribution < 1.29 is 9.59 Å². The Morgan fingerprint density at radius 2 is 1.31 bits per heavy atom. The first-order valence-electron chi connectivity index (χ1n) is 3.29. The summed E-state index contributed by atoms with van der Waals surface area (Å²) in [5.41, 5.74) is 0. The molecule has 72 valence electrons. The fourth-order valence-corrected chi connectivity index (χ4v) is 0. The highest BCUT2D eigenvalue weighted by molar-refractivity contribution is 6.91. The fraction of sp³-hybridized carbons (Fsp3) is 0.667. The molecule has 0 aliphatic rings. The van der Waals surface area contributed by atoms with E-state index in [0.717, 1.165) is 0 Å². The molecule has 0 saturated heterocycles. The number of carbonyl (C=O) groups excluding carboxylic acids is 2. The van der Waals surface area contributed by atoms with Crippen LogP contribution >= 0.6 is 11.6 Å². The van der Waals surface area contributed by atoms with E-state index in [1.807, 2.05) is 14.1 Å². The van der Waals surface area contributed by atoms with Crippen molar-refractivity contribution in [3.63, 3.8) is 0 Å². The zero-order valence-corrected chi connectivity index (χ0v) is 9.05. The molecule has 7 heteroatoms. The van der Waals surface area contributed by atoms with Gasteiger partial charge in [0.1, 0.15) is 0 Å². The van der Waals surface area contributed by atoms with Gasteiger partial charge in [-0.25, -0.2) is 0 Å². The van der Waals surface area contributed by atoms with Crippen LogP contribution in [0.5, 0.6) is 0 Å². The van der Waals surface area contributed by atoms with Gasteiger partial charge in [-0.2, -0.15) is 0 Å². The molecule has 13 heavy (non-hydrogen) atoms. The summed E-state index contributed by atoms with van der Waals surface area (Å²) < 4.78 is 0. The Hall–Kier alpha value is -0.480. The summed E-state index contributed by atoms with van der Waals surface area (Å²) in [5.74, 6) is -0.407. The molecule has 1 amide bonds. The second kappa shape index (κ2) is 14.1. The summed E-state index contributed by atoms with van der Waals surface area (Å²) in [6, 6.07) is 0. The Bertz CT molecular complexity index is 141. The van der Waals surface area contributed by atoms with Gasteiger partial charge in [0, 0.05) is 14.1 Å². The summed E-state index contributed by atoms with van der Waals surface area (Å²) in [6.45, 7) is 0. The van der Waals surface area contributed by atoms with E-state index in [4.69, 9.17) is 12.6 Å². The highest BCUT2D eigenvalue weighted by Crippen LogP contribution is 1.69. The zero-order valence-electron chi connectivity index (χ0n) is 8.30. The van der Waals surface area contributed by atoms with Gasteiger partial charge in [-0.05, 0) is 14.1 Å². The van der Waals surface area contributed by atoms with E-state index >= 15 is 0 Å². The molecule has 0 rings (SSSR count). The molecule has 0 heterocycles. The van der Waals surface area contributed by atoms with Crippen molar-refractivity contribution in [3.05, 3.63) is 0 Å². The first-order valence-corrected chi connectivity index (χ1v) is 3.67. The Morgan fingerprint density at radius 3 is 1.31 bits per heavy atom. The molecule has 4 radical (unpaired) electrons.